The van der Waals surface area contributed by atoms with Crippen molar-refractivity contribution in [3.8, 4) is 28.5 Å². The summed E-state index contributed by atoms with van der Waals surface area (Å²) < 4.78 is 59.3. The van der Waals surface area contributed by atoms with Crippen molar-refractivity contribution in [2.24, 2.45) is 7.05 Å². The van der Waals surface area contributed by atoms with Crippen LogP contribution in [0.25, 0.3) is 22.8 Å². The highest BCUT2D eigenvalue weighted by atomic mass is 31.2. The Labute approximate surface area is 224 Å². The lowest BCUT2D eigenvalue weighted by atomic mass is 10.0. The maximum absolute atomic E-state index is 13.1. The summed E-state index contributed by atoms with van der Waals surface area (Å²) in [6.07, 6.45) is 0.303. The number of nitrogens with one attached hydrogen (secondary N) is 1. The van der Waals surface area contributed by atoms with Gasteiger partial charge in [-0.05, 0) is 49.3 Å². The SMILES string of the molecule is COc1cccc(C2CC2)c1-c1ncc(P(C)(C)=O)c(NCc2ccc(-c3nc(C(F)(F)F)cn3C)cc2)n1. The van der Waals surface area contributed by atoms with Crippen LogP contribution in [0, 0.1) is 0 Å². The summed E-state index contributed by atoms with van der Waals surface area (Å²) >= 11 is 0. The quantitative estimate of drug-likeness (QED) is 0.257. The van der Waals surface area contributed by atoms with E-state index in [1.54, 1.807) is 38.8 Å². The van der Waals surface area contributed by atoms with E-state index in [0.29, 0.717) is 40.7 Å². The molecule has 1 aliphatic rings. The minimum atomic E-state index is -4.50. The smallest absolute Gasteiger partial charge is 0.434 e. The Bertz CT molecular complexity index is 1560. The molecular formula is C28H29F3N5O2P. The van der Waals surface area contributed by atoms with Crippen molar-refractivity contribution in [2.45, 2.75) is 31.5 Å². The van der Waals surface area contributed by atoms with Gasteiger partial charge in [0.2, 0.25) is 0 Å². The fourth-order valence-corrected chi connectivity index (χ4v) is 5.52. The van der Waals surface area contributed by atoms with Crippen LogP contribution in [0.5, 0.6) is 5.75 Å². The van der Waals surface area contributed by atoms with E-state index in [1.165, 1.54) is 11.6 Å². The van der Waals surface area contributed by atoms with Gasteiger partial charge >= 0.3 is 6.18 Å². The molecule has 1 fully saturated rings. The van der Waals surface area contributed by atoms with Crippen LogP contribution in [-0.2, 0) is 24.3 Å². The van der Waals surface area contributed by atoms with E-state index < -0.39 is 19.0 Å². The number of halogens is 3. The second-order valence-corrected chi connectivity index (χ2v) is 13.3. The average molecular weight is 556 g/mol. The van der Waals surface area contributed by atoms with Gasteiger partial charge in [0.15, 0.2) is 11.5 Å². The molecule has 7 nitrogen and oxygen atoms in total. The minimum absolute atomic E-state index is 0.228. The monoisotopic (exact) mass is 555 g/mol. The van der Waals surface area contributed by atoms with E-state index in [0.717, 1.165) is 35.7 Å². The Morgan fingerprint density at radius 3 is 2.41 bits per heavy atom. The van der Waals surface area contributed by atoms with Gasteiger partial charge in [-0.15, -0.1) is 0 Å². The van der Waals surface area contributed by atoms with Gasteiger partial charge in [0.25, 0.3) is 0 Å². The van der Waals surface area contributed by atoms with Crippen LogP contribution in [0.15, 0.2) is 54.9 Å². The van der Waals surface area contributed by atoms with Crippen molar-refractivity contribution in [3.05, 3.63) is 71.7 Å². The van der Waals surface area contributed by atoms with Crippen molar-refractivity contribution >= 4 is 18.3 Å². The highest BCUT2D eigenvalue weighted by molar-refractivity contribution is 7.70. The summed E-state index contributed by atoms with van der Waals surface area (Å²) in [6.45, 7) is 3.71. The molecule has 1 N–H and O–H groups in total. The fraction of sp³-hybridized carbons (Fsp3) is 0.321. The summed E-state index contributed by atoms with van der Waals surface area (Å²) in [5.41, 5.74) is 2.49. The zero-order chi connectivity index (χ0) is 27.9. The Morgan fingerprint density at radius 2 is 1.82 bits per heavy atom. The zero-order valence-electron chi connectivity index (χ0n) is 22.1. The van der Waals surface area contributed by atoms with Crippen molar-refractivity contribution in [2.75, 3.05) is 25.8 Å². The van der Waals surface area contributed by atoms with Crippen LogP contribution in [-0.4, -0.2) is 40.0 Å². The second-order valence-electron chi connectivity index (χ2n) is 10.1. The van der Waals surface area contributed by atoms with Crippen molar-refractivity contribution in [1.82, 2.24) is 19.5 Å². The van der Waals surface area contributed by atoms with E-state index in [1.807, 2.05) is 24.3 Å². The maximum Gasteiger partial charge on any atom is 0.434 e. The summed E-state index contributed by atoms with van der Waals surface area (Å²) in [4.78, 5) is 13.2. The zero-order valence-corrected chi connectivity index (χ0v) is 23.0. The van der Waals surface area contributed by atoms with Gasteiger partial charge in [0.1, 0.15) is 24.5 Å². The van der Waals surface area contributed by atoms with Gasteiger partial charge in [-0.25, -0.2) is 15.0 Å². The first kappa shape index (κ1) is 26.9. The van der Waals surface area contributed by atoms with E-state index in [9.17, 15) is 17.7 Å². The Kier molecular flexibility index (Phi) is 7.01. The molecule has 204 valence electrons. The molecule has 2 aromatic heterocycles. The molecule has 0 aliphatic heterocycles. The van der Waals surface area contributed by atoms with E-state index >= 15 is 0 Å². The average Bonchev–Trinajstić information content (AvgIpc) is 3.66. The number of methoxy groups -OCH3 is 1. The second kappa shape index (κ2) is 10.2. The summed E-state index contributed by atoms with van der Waals surface area (Å²) in [5, 5.41) is 3.85. The number of hydrogen-bond donors (Lipinski definition) is 1. The number of aromatic nitrogens is 4. The predicted molar refractivity (Wildman–Crippen MR) is 146 cm³/mol. The molecule has 11 heteroatoms. The van der Waals surface area contributed by atoms with Crippen LogP contribution < -0.4 is 15.4 Å². The standard InChI is InChI=1S/C28H29F3N5O2P/c1-36-16-23(28(29,30)31)34-27(36)19-10-8-17(9-11-19)14-32-25-22(39(3,4)37)15-33-26(35-25)24-20(18-12-13-18)6-5-7-21(24)38-2/h5-11,15-16,18H,12-14H2,1-4H3,(H,32,33,35). The summed E-state index contributed by atoms with van der Waals surface area (Å²) in [6, 6.07) is 13.0. The topological polar surface area (TPSA) is 81.9 Å². The highest BCUT2D eigenvalue weighted by Gasteiger charge is 2.34. The van der Waals surface area contributed by atoms with Gasteiger partial charge in [-0.2, -0.15) is 13.2 Å². The molecule has 2 heterocycles. The number of anilines is 1. The lowest BCUT2D eigenvalue weighted by Crippen LogP contribution is -2.16. The number of nitrogens with zero attached hydrogens (tertiary/aromatic N) is 4. The number of imidazole rings is 1. The van der Waals surface area contributed by atoms with Gasteiger partial charge < -0.3 is 19.2 Å². The highest BCUT2D eigenvalue weighted by Crippen LogP contribution is 2.47. The molecule has 0 radical (unpaired) electrons. The van der Waals surface area contributed by atoms with Crippen LogP contribution in [0.2, 0.25) is 0 Å². The molecule has 39 heavy (non-hydrogen) atoms. The third kappa shape index (κ3) is 5.71. The Hall–Kier alpha value is -3.65. The first-order valence-corrected chi connectivity index (χ1v) is 15.1. The van der Waals surface area contributed by atoms with Gasteiger partial charge in [-0.3, -0.25) is 0 Å². The largest absolute Gasteiger partial charge is 0.496 e. The third-order valence-corrected chi connectivity index (χ3v) is 8.20. The molecule has 1 aliphatic carbocycles. The molecule has 0 atom stereocenters. The minimum Gasteiger partial charge on any atom is -0.496 e. The number of ether oxygens (including phenoxy) is 1. The molecule has 0 unspecified atom stereocenters. The molecule has 4 aromatic rings. The number of rotatable bonds is 8. The lowest BCUT2D eigenvalue weighted by Gasteiger charge is -2.17. The van der Waals surface area contributed by atoms with Gasteiger partial charge in [-0.1, -0.05) is 36.4 Å². The van der Waals surface area contributed by atoms with E-state index in [-0.39, 0.29) is 5.82 Å². The number of hydrogen-bond acceptors (Lipinski definition) is 6. The lowest BCUT2D eigenvalue weighted by molar-refractivity contribution is -0.140. The Balaban J connectivity index is 1.43. The molecule has 0 amide bonds. The predicted octanol–water partition coefficient (Wildman–Crippen LogP) is 6.31. The number of aryl methyl sites for hydroxylation is 1. The molecule has 5 rings (SSSR count). The molecule has 0 spiro atoms. The van der Waals surface area contributed by atoms with Crippen LogP contribution >= 0.6 is 7.14 Å². The van der Waals surface area contributed by atoms with Crippen LogP contribution in [0.1, 0.15) is 35.6 Å². The molecule has 0 bridgehead atoms. The van der Waals surface area contributed by atoms with E-state index in [4.69, 9.17) is 9.72 Å². The van der Waals surface area contributed by atoms with Gasteiger partial charge in [0, 0.05) is 31.5 Å². The Morgan fingerprint density at radius 1 is 1.10 bits per heavy atom. The summed E-state index contributed by atoms with van der Waals surface area (Å²) in [7, 11) is 0.440. The maximum atomic E-state index is 13.1. The normalized spacial score (nSPS) is 13.9. The van der Waals surface area contributed by atoms with Crippen LogP contribution in [0.3, 0.4) is 0 Å². The first-order valence-electron chi connectivity index (χ1n) is 12.5. The van der Waals surface area contributed by atoms with E-state index in [2.05, 4.69) is 21.4 Å². The first-order chi connectivity index (χ1) is 18.5. The molecular weight excluding hydrogens is 526 g/mol. The van der Waals surface area contributed by atoms with Crippen molar-refractivity contribution < 1.29 is 22.5 Å². The number of alkyl halides is 3. The van der Waals surface area contributed by atoms with Gasteiger partial charge in [0.05, 0.1) is 18.0 Å². The van der Waals surface area contributed by atoms with Crippen molar-refractivity contribution in [1.29, 1.82) is 0 Å². The third-order valence-electron chi connectivity index (χ3n) is 6.71. The van der Waals surface area contributed by atoms with Crippen LogP contribution in [0.4, 0.5) is 19.0 Å². The summed E-state index contributed by atoms with van der Waals surface area (Å²) in [5.74, 6) is 2.34. The molecule has 2 aromatic carbocycles. The molecule has 1 saturated carbocycles. The fourth-order valence-electron chi connectivity index (χ4n) is 4.54. The van der Waals surface area contributed by atoms with Crippen molar-refractivity contribution in [3.63, 3.8) is 0 Å². The number of benzene rings is 2. The molecule has 0 saturated heterocycles.